The van der Waals surface area contributed by atoms with Gasteiger partial charge < -0.3 is 4.57 Å². The van der Waals surface area contributed by atoms with Crippen LogP contribution in [0.15, 0.2) is 84.9 Å². The lowest BCUT2D eigenvalue weighted by atomic mass is 9.36. The van der Waals surface area contributed by atoms with Crippen molar-refractivity contribution in [1.82, 2.24) is 4.57 Å². The fourth-order valence-electron chi connectivity index (χ4n) is 8.92. The summed E-state index contributed by atoms with van der Waals surface area (Å²) in [4.78, 5) is 0. The monoisotopic (exact) mass is 565 g/mol. The number of hydrogen-bond acceptors (Lipinski definition) is 0. The first-order valence-corrected chi connectivity index (χ1v) is 21.6. The van der Waals surface area contributed by atoms with Crippen molar-refractivity contribution in [1.29, 1.82) is 0 Å². The van der Waals surface area contributed by atoms with Crippen LogP contribution in [-0.2, 0) is 12.8 Å². The molecule has 4 aromatic carbocycles. The summed E-state index contributed by atoms with van der Waals surface area (Å²) in [5.74, 6) is 0. The third kappa shape index (κ3) is 3.47. The van der Waals surface area contributed by atoms with Crippen LogP contribution in [0.1, 0.15) is 43.9 Å². The van der Waals surface area contributed by atoms with Crippen LogP contribution < -0.4 is 37.1 Å². The first kappa shape index (κ1) is 25.6. The largest absolute Gasteiger partial charge is 0.313 e. The Morgan fingerprint density at radius 1 is 0.683 bits per heavy atom. The summed E-state index contributed by atoms with van der Waals surface area (Å²) in [6.07, 6.45) is 7.72. The number of para-hydroxylation sites is 1. The van der Waals surface area contributed by atoms with Gasteiger partial charge in [-0.05, 0) is 49.4 Å². The van der Waals surface area contributed by atoms with E-state index in [-0.39, 0.29) is 0 Å². The molecule has 0 N–H and O–H groups in total. The van der Waals surface area contributed by atoms with Crippen LogP contribution in [0.5, 0.6) is 0 Å². The Kier molecular flexibility index (Phi) is 5.75. The molecule has 1 unspecified atom stereocenters. The molecule has 0 bridgehead atoms. The zero-order valence-electron chi connectivity index (χ0n) is 25.1. The Morgan fingerprint density at radius 2 is 1.39 bits per heavy atom. The maximum Gasteiger partial charge on any atom is 0.240 e. The summed E-state index contributed by atoms with van der Waals surface area (Å²) >= 11 is 0. The summed E-state index contributed by atoms with van der Waals surface area (Å²) in [7, 11) is -3.72. The van der Waals surface area contributed by atoms with E-state index in [0.717, 1.165) is 0 Å². The minimum absolute atomic E-state index is 0.358. The Balaban J connectivity index is 1.40. The molecule has 3 aliphatic rings. The normalized spacial score (nSPS) is 20.4. The number of benzene rings is 4. The topological polar surface area (TPSA) is 4.93 Å². The van der Waals surface area contributed by atoms with E-state index in [9.17, 15) is 0 Å². The van der Waals surface area contributed by atoms with Crippen molar-refractivity contribution in [3.05, 3.63) is 96.2 Å². The zero-order valence-corrected chi connectivity index (χ0v) is 27.1. The number of nitrogens with zero attached hydrogens (tertiary/aromatic N) is 1. The van der Waals surface area contributed by atoms with E-state index >= 15 is 0 Å². The summed E-state index contributed by atoms with van der Waals surface area (Å²) in [6, 6.07) is 35.0. The predicted molar refractivity (Wildman–Crippen MR) is 185 cm³/mol. The molecule has 41 heavy (non-hydrogen) atoms. The van der Waals surface area contributed by atoms with Gasteiger partial charge in [0, 0.05) is 16.8 Å². The van der Waals surface area contributed by atoms with Crippen LogP contribution in [0.3, 0.4) is 0 Å². The molecule has 4 heteroatoms. The van der Waals surface area contributed by atoms with Gasteiger partial charge >= 0.3 is 0 Å². The third-order valence-corrected chi connectivity index (χ3v) is 19.4. The van der Waals surface area contributed by atoms with Crippen molar-refractivity contribution in [2.24, 2.45) is 0 Å². The predicted octanol–water partition coefficient (Wildman–Crippen LogP) is 4.47. The summed E-state index contributed by atoms with van der Waals surface area (Å²) in [5.41, 5.74) is 10.8. The molecule has 204 valence electrons. The Hall–Kier alpha value is -3.08. The molecule has 1 nitrogen and oxygen atoms in total. The molecule has 0 saturated heterocycles. The van der Waals surface area contributed by atoms with Crippen molar-refractivity contribution < 1.29 is 0 Å². The highest BCUT2D eigenvalue weighted by Gasteiger charge is 2.50. The summed E-state index contributed by atoms with van der Waals surface area (Å²) < 4.78 is 2.66. The second kappa shape index (κ2) is 9.21. The summed E-state index contributed by atoms with van der Waals surface area (Å²) in [5, 5.41) is 8.15. The first-order chi connectivity index (χ1) is 19.9. The second-order valence-corrected chi connectivity index (χ2v) is 22.3. The van der Waals surface area contributed by atoms with E-state index in [0.29, 0.717) is 6.71 Å². The molecule has 1 atom stereocenters. The Labute approximate surface area is 247 Å². The lowest BCUT2D eigenvalue weighted by Crippen LogP contribution is -2.86. The minimum atomic E-state index is -1.94. The van der Waals surface area contributed by atoms with Gasteiger partial charge in [0.15, 0.2) is 0 Å². The molecule has 0 radical (unpaired) electrons. The van der Waals surface area contributed by atoms with Gasteiger partial charge in [-0.1, -0.05) is 149 Å². The van der Waals surface area contributed by atoms with Gasteiger partial charge in [0.05, 0.1) is 5.52 Å². The van der Waals surface area contributed by atoms with E-state index in [1.807, 2.05) is 0 Å². The highest BCUT2D eigenvalue weighted by molar-refractivity contribution is 7.21. The van der Waals surface area contributed by atoms with Gasteiger partial charge in [-0.3, -0.25) is 0 Å². The van der Waals surface area contributed by atoms with Crippen molar-refractivity contribution in [2.75, 3.05) is 0 Å². The average Bonchev–Trinajstić information content (AvgIpc) is 3.28. The van der Waals surface area contributed by atoms with Gasteiger partial charge in [-0.25, -0.2) is 0 Å². The molecular weight excluding hydrogens is 525 g/mol. The molecule has 0 spiro atoms. The number of aryl methyl sites for hydroxylation is 1. The van der Waals surface area contributed by atoms with Crippen molar-refractivity contribution in [3.8, 4) is 5.69 Å². The lowest BCUT2D eigenvalue weighted by Gasteiger charge is -2.46. The molecule has 2 aliphatic heterocycles. The van der Waals surface area contributed by atoms with E-state index in [4.69, 9.17) is 0 Å². The standard InChI is InChI=1S/C37H40BNSi2/c1-5-41(4)33-20-13-11-17-29(33)38-30-24-23-26(25-36(30)40(2,3)34-21-14-22-35(41)37(34)38)39-31-18-9-7-6-8-15-27(31)28-16-10-12-19-32(28)39/h10-14,16-17,19-25H,5-9,15,18H2,1-4H3. The van der Waals surface area contributed by atoms with Crippen LogP contribution in [0.2, 0.25) is 25.7 Å². The van der Waals surface area contributed by atoms with Crippen LogP contribution in [0.4, 0.5) is 0 Å². The molecule has 0 saturated carbocycles. The quantitative estimate of drug-likeness (QED) is 0.279. The molecule has 8 rings (SSSR count). The number of fused-ring (bicyclic) bond motifs is 7. The molecule has 0 fully saturated rings. The Bertz CT molecular complexity index is 1850. The van der Waals surface area contributed by atoms with E-state index in [1.54, 1.807) is 48.4 Å². The first-order valence-electron chi connectivity index (χ1n) is 15.9. The zero-order chi connectivity index (χ0) is 27.9. The van der Waals surface area contributed by atoms with Crippen LogP contribution in [-0.4, -0.2) is 27.4 Å². The Morgan fingerprint density at radius 3 is 2.24 bits per heavy atom. The fraction of sp³-hybridized carbons (Fsp3) is 0.297. The van der Waals surface area contributed by atoms with Crippen LogP contribution in [0, 0.1) is 0 Å². The van der Waals surface area contributed by atoms with Crippen LogP contribution >= 0.6 is 0 Å². The lowest BCUT2D eigenvalue weighted by molar-refractivity contribution is 0.608. The van der Waals surface area contributed by atoms with E-state index in [1.165, 1.54) is 61.2 Å². The van der Waals surface area contributed by atoms with E-state index in [2.05, 4.69) is 116 Å². The van der Waals surface area contributed by atoms with Gasteiger partial charge in [-0.15, -0.1) is 0 Å². The molecule has 1 aliphatic carbocycles. The SMILES string of the molecule is CC[Si]1(C)c2ccccc2B2c3ccc(-n4c5c(c6ccccc64)CCCCCC5)cc3[Si](C)(C)c3cccc1c32. The highest BCUT2D eigenvalue weighted by Crippen LogP contribution is 2.33. The second-order valence-electron chi connectivity index (χ2n) is 13.6. The van der Waals surface area contributed by atoms with Gasteiger partial charge in [0.1, 0.15) is 16.1 Å². The average molecular weight is 566 g/mol. The highest BCUT2D eigenvalue weighted by atomic mass is 28.3. The molecule has 1 aromatic heterocycles. The number of hydrogen-bond donors (Lipinski definition) is 0. The molecule has 0 amide bonds. The minimum Gasteiger partial charge on any atom is -0.313 e. The third-order valence-electron chi connectivity index (χ3n) is 11.2. The number of aromatic nitrogens is 1. The molecule has 5 aromatic rings. The number of rotatable bonds is 2. The maximum absolute atomic E-state index is 2.66. The van der Waals surface area contributed by atoms with Gasteiger partial charge in [0.2, 0.25) is 6.71 Å². The van der Waals surface area contributed by atoms with E-state index < -0.39 is 16.1 Å². The van der Waals surface area contributed by atoms with Crippen molar-refractivity contribution >= 4 is 70.9 Å². The van der Waals surface area contributed by atoms with Gasteiger partial charge in [0.25, 0.3) is 0 Å². The molecular formula is C37H40BNSi2. The van der Waals surface area contributed by atoms with Crippen molar-refractivity contribution in [3.63, 3.8) is 0 Å². The van der Waals surface area contributed by atoms with Crippen molar-refractivity contribution in [2.45, 2.75) is 71.1 Å². The fourth-order valence-corrected chi connectivity index (χ4v) is 16.0. The maximum atomic E-state index is 2.66. The smallest absolute Gasteiger partial charge is 0.240 e. The molecule has 3 heterocycles. The van der Waals surface area contributed by atoms with Gasteiger partial charge in [-0.2, -0.15) is 0 Å². The van der Waals surface area contributed by atoms with Crippen LogP contribution in [0.25, 0.3) is 16.6 Å². The summed E-state index contributed by atoms with van der Waals surface area (Å²) in [6.45, 7) is 10.6.